The largest absolute Gasteiger partial charge is 0.480 e. The van der Waals surface area contributed by atoms with Gasteiger partial charge in [0.2, 0.25) is 11.8 Å². The van der Waals surface area contributed by atoms with Gasteiger partial charge in [-0.1, -0.05) is 27.7 Å². The van der Waals surface area contributed by atoms with Crippen LogP contribution in [-0.2, 0) is 14.4 Å². The minimum Gasteiger partial charge on any atom is -0.480 e. The first-order chi connectivity index (χ1) is 8.54. The lowest BCUT2D eigenvalue weighted by Gasteiger charge is -2.32. The number of hydrogen-bond acceptors (Lipinski definition) is 3. The molecule has 6 nitrogen and oxygen atoms in total. The van der Waals surface area contributed by atoms with Crippen molar-refractivity contribution in [1.29, 1.82) is 0 Å². The monoisotopic (exact) mass is 260 g/mol. The predicted molar refractivity (Wildman–Crippen MR) is 69.2 cm³/mol. The van der Waals surface area contributed by atoms with E-state index in [0.29, 0.717) is 6.54 Å². The van der Waals surface area contributed by atoms with Gasteiger partial charge in [0.15, 0.2) is 0 Å². The Kier molecular flexibility index (Phi) is 11.0. The van der Waals surface area contributed by atoms with Crippen LogP contribution in [0.3, 0.4) is 0 Å². The van der Waals surface area contributed by atoms with Crippen molar-refractivity contribution in [2.75, 3.05) is 26.2 Å². The second-order valence-electron chi connectivity index (χ2n) is 3.05. The molecule has 6 heteroatoms. The fourth-order valence-corrected chi connectivity index (χ4v) is 1.30. The van der Waals surface area contributed by atoms with Gasteiger partial charge in [0.05, 0.1) is 6.54 Å². The van der Waals surface area contributed by atoms with Crippen molar-refractivity contribution in [2.24, 2.45) is 0 Å². The molecule has 1 aliphatic heterocycles. The van der Waals surface area contributed by atoms with Crippen molar-refractivity contribution in [1.82, 2.24) is 9.80 Å². The predicted octanol–water partition coefficient (Wildman–Crippen LogP) is 0.814. The first-order valence-electron chi connectivity index (χ1n) is 6.32. The zero-order chi connectivity index (χ0) is 14.7. The summed E-state index contributed by atoms with van der Waals surface area (Å²) < 4.78 is 0. The van der Waals surface area contributed by atoms with Crippen LogP contribution < -0.4 is 0 Å². The lowest BCUT2D eigenvalue weighted by molar-refractivity contribution is -0.154. The van der Waals surface area contributed by atoms with Crippen LogP contribution in [0.4, 0.5) is 0 Å². The van der Waals surface area contributed by atoms with E-state index in [-0.39, 0.29) is 24.9 Å². The van der Waals surface area contributed by atoms with Gasteiger partial charge >= 0.3 is 5.97 Å². The average Bonchev–Trinajstić information content (AvgIpc) is 2.37. The molecular formula is C12H24N2O4. The first kappa shape index (κ1) is 18.8. The van der Waals surface area contributed by atoms with E-state index < -0.39 is 12.5 Å². The standard InChI is InChI=1S/C8H12N2O4.2C2H6/c1-2-9-3-7(12)10(4-6(9)11)5-8(13)14;2*1-2/h2-5H2,1H3,(H,13,14);2*1-2H3. The number of carbonyl (C=O) groups excluding carboxylic acids is 2. The number of hydrogen-bond donors (Lipinski definition) is 1. The Bertz CT molecular complexity index is 279. The Balaban J connectivity index is 0. The number of carboxylic acid groups (broad SMARTS) is 1. The summed E-state index contributed by atoms with van der Waals surface area (Å²) in [6.45, 7) is 9.72. The van der Waals surface area contributed by atoms with Crippen molar-refractivity contribution < 1.29 is 19.5 Å². The Hall–Kier alpha value is -1.59. The van der Waals surface area contributed by atoms with Crippen LogP contribution in [0.25, 0.3) is 0 Å². The summed E-state index contributed by atoms with van der Waals surface area (Å²) in [5, 5.41) is 8.47. The number of piperazine rings is 1. The maximum atomic E-state index is 11.3. The summed E-state index contributed by atoms with van der Waals surface area (Å²) in [6, 6.07) is 0. The van der Waals surface area contributed by atoms with E-state index in [4.69, 9.17) is 5.11 Å². The molecule has 1 heterocycles. The number of amides is 2. The topological polar surface area (TPSA) is 77.9 Å². The van der Waals surface area contributed by atoms with Crippen molar-refractivity contribution in [3.05, 3.63) is 0 Å². The molecule has 0 atom stereocenters. The Labute approximate surface area is 109 Å². The van der Waals surface area contributed by atoms with Gasteiger partial charge < -0.3 is 14.9 Å². The molecule has 1 rings (SSSR count). The number of carbonyl (C=O) groups is 3. The highest BCUT2D eigenvalue weighted by Gasteiger charge is 2.29. The van der Waals surface area contributed by atoms with Crippen molar-refractivity contribution in [3.63, 3.8) is 0 Å². The van der Waals surface area contributed by atoms with Crippen LogP contribution in [0.1, 0.15) is 34.6 Å². The zero-order valence-corrected chi connectivity index (χ0v) is 11.9. The van der Waals surface area contributed by atoms with Crippen LogP contribution >= 0.6 is 0 Å². The van der Waals surface area contributed by atoms with Crippen LogP contribution in [0, 0.1) is 0 Å². The van der Waals surface area contributed by atoms with Crippen molar-refractivity contribution in [2.45, 2.75) is 34.6 Å². The normalized spacial score (nSPS) is 14.3. The summed E-state index contributed by atoms with van der Waals surface area (Å²) in [7, 11) is 0. The van der Waals surface area contributed by atoms with Crippen LogP contribution in [-0.4, -0.2) is 58.9 Å². The summed E-state index contributed by atoms with van der Waals surface area (Å²) >= 11 is 0. The highest BCUT2D eigenvalue weighted by Crippen LogP contribution is 2.03. The average molecular weight is 260 g/mol. The minimum absolute atomic E-state index is 0.0113. The van der Waals surface area contributed by atoms with Crippen molar-refractivity contribution in [3.8, 4) is 0 Å². The van der Waals surface area contributed by atoms with Gasteiger partial charge in [0, 0.05) is 6.54 Å². The lowest BCUT2D eigenvalue weighted by atomic mass is 10.3. The van der Waals surface area contributed by atoms with Gasteiger partial charge in [-0.2, -0.15) is 0 Å². The zero-order valence-electron chi connectivity index (χ0n) is 11.9. The summed E-state index contributed by atoms with van der Waals surface area (Å²) in [5.41, 5.74) is 0. The summed E-state index contributed by atoms with van der Waals surface area (Å²) in [5.74, 6) is -1.61. The molecule has 18 heavy (non-hydrogen) atoms. The molecule has 0 radical (unpaired) electrons. The van der Waals surface area contributed by atoms with Crippen LogP contribution in [0.5, 0.6) is 0 Å². The van der Waals surface area contributed by atoms with E-state index in [9.17, 15) is 14.4 Å². The molecule has 1 N–H and O–H groups in total. The molecular weight excluding hydrogens is 236 g/mol. The van der Waals surface area contributed by atoms with Gasteiger partial charge in [0.1, 0.15) is 13.1 Å². The first-order valence-corrected chi connectivity index (χ1v) is 6.32. The van der Waals surface area contributed by atoms with Gasteiger partial charge in [-0.3, -0.25) is 14.4 Å². The minimum atomic E-state index is -1.10. The van der Waals surface area contributed by atoms with E-state index in [1.807, 2.05) is 27.7 Å². The molecule has 0 bridgehead atoms. The number of rotatable bonds is 3. The smallest absolute Gasteiger partial charge is 0.323 e. The molecule has 0 aliphatic carbocycles. The molecule has 0 aromatic heterocycles. The molecule has 1 saturated heterocycles. The Morgan fingerprint density at radius 2 is 1.44 bits per heavy atom. The fourth-order valence-electron chi connectivity index (χ4n) is 1.30. The van der Waals surface area contributed by atoms with Gasteiger partial charge in [-0.15, -0.1) is 0 Å². The van der Waals surface area contributed by atoms with Gasteiger partial charge in [-0.05, 0) is 6.92 Å². The van der Waals surface area contributed by atoms with E-state index in [2.05, 4.69) is 0 Å². The molecule has 0 spiro atoms. The molecule has 0 unspecified atom stereocenters. The van der Waals surface area contributed by atoms with Crippen molar-refractivity contribution >= 4 is 17.8 Å². The fraction of sp³-hybridized carbons (Fsp3) is 0.750. The van der Waals surface area contributed by atoms with Crippen LogP contribution in [0.2, 0.25) is 0 Å². The molecule has 0 aromatic rings. The van der Waals surface area contributed by atoms with E-state index >= 15 is 0 Å². The third-order valence-electron chi connectivity index (χ3n) is 2.07. The maximum Gasteiger partial charge on any atom is 0.323 e. The highest BCUT2D eigenvalue weighted by atomic mass is 16.4. The number of carboxylic acids is 1. The lowest BCUT2D eigenvalue weighted by Crippen LogP contribution is -2.54. The van der Waals surface area contributed by atoms with E-state index in [1.54, 1.807) is 6.92 Å². The van der Waals surface area contributed by atoms with E-state index in [1.165, 1.54) is 4.90 Å². The Morgan fingerprint density at radius 1 is 1.06 bits per heavy atom. The molecule has 1 fully saturated rings. The maximum absolute atomic E-state index is 11.3. The second-order valence-corrected chi connectivity index (χ2v) is 3.05. The Morgan fingerprint density at radius 3 is 1.83 bits per heavy atom. The number of aliphatic carboxylic acids is 1. The molecule has 0 saturated carbocycles. The van der Waals surface area contributed by atoms with Gasteiger partial charge in [-0.25, -0.2) is 0 Å². The summed E-state index contributed by atoms with van der Waals surface area (Å²) in [6.07, 6.45) is 0. The molecule has 2 amide bonds. The number of likely N-dealkylation sites (N-methyl/N-ethyl adjacent to an activating group) is 1. The molecule has 1 aliphatic rings. The summed E-state index contributed by atoms with van der Waals surface area (Å²) in [4.78, 5) is 35.4. The molecule has 0 aromatic carbocycles. The van der Waals surface area contributed by atoms with Crippen LogP contribution in [0.15, 0.2) is 0 Å². The SMILES string of the molecule is CC.CC.CCN1CC(=O)N(CC(=O)O)CC1=O. The number of nitrogens with zero attached hydrogens (tertiary/aromatic N) is 2. The van der Waals surface area contributed by atoms with Gasteiger partial charge in [0.25, 0.3) is 0 Å². The second kappa shape index (κ2) is 10.6. The third-order valence-corrected chi connectivity index (χ3v) is 2.07. The third kappa shape index (κ3) is 6.22. The molecule has 106 valence electrons. The van der Waals surface area contributed by atoms with E-state index in [0.717, 1.165) is 4.90 Å². The highest BCUT2D eigenvalue weighted by molar-refractivity contribution is 5.94. The quantitative estimate of drug-likeness (QED) is 0.814.